The van der Waals surface area contributed by atoms with Crippen LogP contribution in [0.2, 0.25) is 0 Å². The molecule has 1 fully saturated rings. The predicted octanol–water partition coefficient (Wildman–Crippen LogP) is 17.1. The van der Waals surface area contributed by atoms with Gasteiger partial charge in [0.15, 0.2) is 0 Å². The first-order chi connectivity index (χ1) is 32.4. The second-order valence-corrected chi connectivity index (χ2v) is 24.4. The monoisotopic (exact) mass is 790 g/mol. The molecule has 0 radical (unpaired) electrons. The van der Waals surface area contributed by atoms with Crippen molar-refractivity contribution in [1.29, 1.82) is 0 Å². The van der Waals surface area contributed by atoms with Gasteiger partial charge in [-0.15, -0.1) is 6.58 Å². The van der Waals surface area contributed by atoms with Crippen LogP contribution in [0.3, 0.4) is 0 Å². The van der Waals surface area contributed by atoms with E-state index in [1.165, 1.54) is 0 Å². The largest absolute Gasteiger partial charge is 0.363 e. The molecule has 1 atom stereocenters. The summed E-state index contributed by atoms with van der Waals surface area (Å²) >= 11 is 0. The van der Waals surface area contributed by atoms with Crippen LogP contribution in [-0.4, -0.2) is 6.61 Å². The zero-order chi connectivity index (χ0) is 38.2. The van der Waals surface area contributed by atoms with Gasteiger partial charge in [-0.25, -0.2) is 0 Å². The number of ether oxygens (including phenoxy) is 1. The molecule has 2 spiro atoms. The van der Waals surface area contributed by atoms with E-state index in [4.69, 9.17) is 11.3 Å². The molecule has 28 aromatic carbocycles. The van der Waals surface area contributed by atoms with Crippen molar-refractivity contribution >= 4 is 291 Å². The SMILES string of the molecule is C=CC1COC23c4c5c6c7c8c9c(c%10c%11c2c2c4c4c%12c5c5c6c6c8c8c%13c9c9c%10c%10c%11c%11c2c2c4c4c%12c%12c5c5c6c8c6c8c%13c9c9c%10c%10c%11c2c2c4c4c%12c5c6c5c8c9c%10c2c45)C713. The molecule has 1 nitrogen and oxygen atoms in total. The van der Waals surface area contributed by atoms with Gasteiger partial charge in [-0.3, -0.25) is 0 Å². The summed E-state index contributed by atoms with van der Waals surface area (Å²) in [5, 5.41) is 88.5. The second kappa shape index (κ2) is 5.04. The van der Waals surface area contributed by atoms with E-state index in [0.717, 1.165) is 6.61 Å². The van der Waals surface area contributed by atoms with E-state index in [1.807, 2.05) is 0 Å². The molecule has 0 N–H and O–H groups in total. The number of benzene rings is 18. The molecule has 65 heavy (non-hydrogen) atoms. The van der Waals surface area contributed by atoms with Crippen LogP contribution in [0, 0.1) is 5.92 Å². The molecule has 4 aliphatic carbocycles. The standard InChI is InChI=1S/C64H6O/c1-2-4-3-65-64-61-55-49-39-27-19-11-7-5-6-9-13(11)21(27)31-25-17(9)18-10(6)14-12-8(5)16-15(7)23-29(19)37-43-33(23)34-24(16)30-20(12)28-22(14)32-26(18)36-35(25)47(41(31)49)57(61)58-48(36)42(32)50-40(28)46-38(30)44(34)52-51(43)59(53(55)45(37)39)63(4,64)60(52)54(46)56(50)62(58)64/h2,4H,1,3H2. The Balaban J connectivity index is 1.28. The van der Waals surface area contributed by atoms with E-state index in [9.17, 15) is 0 Å². The average molecular weight is 791 g/mol. The maximum Gasteiger partial charge on any atom is 0.135 e. The molecule has 1 unspecified atom stereocenters. The van der Waals surface area contributed by atoms with Crippen LogP contribution in [0.4, 0.5) is 0 Å². The molecule has 0 amide bonds. The van der Waals surface area contributed by atoms with Gasteiger partial charge in [-0.2, -0.15) is 0 Å². The summed E-state index contributed by atoms with van der Waals surface area (Å²) in [4.78, 5) is 0. The third-order valence-electron chi connectivity index (χ3n) is 24.6. The lowest BCUT2D eigenvalue weighted by molar-refractivity contribution is 0.0139. The van der Waals surface area contributed by atoms with Crippen LogP contribution in [0.15, 0.2) is 12.7 Å². The Hall–Kier alpha value is -7.84. The summed E-state index contributed by atoms with van der Waals surface area (Å²) < 4.78 is 8.27. The molecule has 1 heterocycles. The van der Waals surface area contributed by atoms with Gasteiger partial charge < -0.3 is 4.74 Å². The summed E-state index contributed by atoms with van der Waals surface area (Å²) in [6.45, 7) is 5.59. The summed E-state index contributed by atoms with van der Waals surface area (Å²) in [6.07, 6.45) is 2.40. The summed E-state index contributed by atoms with van der Waals surface area (Å²) in [5.74, 6) is 0.165. The Kier molecular flexibility index (Phi) is 1.80. The van der Waals surface area contributed by atoms with Crippen molar-refractivity contribution in [2.24, 2.45) is 5.92 Å². The quantitative estimate of drug-likeness (QED) is 0.119. The van der Waals surface area contributed by atoms with Gasteiger partial charge in [0.25, 0.3) is 0 Å². The molecule has 0 saturated carbocycles. The highest BCUT2D eigenvalue weighted by atomic mass is 16.5. The van der Waals surface area contributed by atoms with Crippen molar-refractivity contribution in [2.45, 2.75) is 11.0 Å². The molecule has 28 aromatic rings. The molecule has 33 rings (SSSR count). The molecule has 0 aromatic heterocycles. The fourth-order valence-electron chi connectivity index (χ4n) is 24.7. The van der Waals surface area contributed by atoms with Crippen LogP contribution in [-0.2, 0) is 15.8 Å². The topological polar surface area (TPSA) is 9.23 Å². The Bertz CT molecular complexity index is 6830. The van der Waals surface area contributed by atoms with E-state index in [1.54, 1.807) is 313 Å². The lowest BCUT2D eigenvalue weighted by Crippen LogP contribution is -2.51. The van der Waals surface area contributed by atoms with Crippen LogP contribution < -0.4 is 0 Å². The molecule has 1 aliphatic heterocycles. The Morgan fingerprint density at radius 1 is 0.246 bits per heavy atom. The van der Waals surface area contributed by atoms with Crippen molar-refractivity contribution < 1.29 is 4.74 Å². The maximum absolute atomic E-state index is 8.27. The molecule has 268 valence electrons. The van der Waals surface area contributed by atoms with Crippen molar-refractivity contribution in [3.63, 3.8) is 0 Å². The molecular formula is C64H6O. The molecule has 1 heteroatoms. The van der Waals surface area contributed by atoms with Crippen molar-refractivity contribution in [2.75, 3.05) is 6.61 Å². The lowest BCUT2D eigenvalue weighted by atomic mass is 9.51. The highest BCUT2D eigenvalue weighted by Crippen LogP contribution is 2.86. The minimum Gasteiger partial charge on any atom is -0.363 e. The van der Waals surface area contributed by atoms with Crippen molar-refractivity contribution in [3.05, 3.63) is 34.9 Å². The summed E-state index contributed by atoms with van der Waals surface area (Å²) in [5.41, 5.74) is 5.57. The van der Waals surface area contributed by atoms with Gasteiger partial charge >= 0.3 is 0 Å². The molecular weight excluding hydrogens is 785 g/mol. The van der Waals surface area contributed by atoms with Gasteiger partial charge in [0.1, 0.15) is 5.60 Å². The zero-order valence-electron chi connectivity index (χ0n) is 33.0. The third kappa shape index (κ3) is 1.15. The van der Waals surface area contributed by atoms with Crippen molar-refractivity contribution in [1.82, 2.24) is 0 Å². The number of rotatable bonds is 1. The minimum absolute atomic E-state index is 0.165. The van der Waals surface area contributed by atoms with Gasteiger partial charge in [-0.1, -0.05) is 6.08 Å². The first-order valence-corrected chi connectivity index (χ1v) is 24.4. The normalized spacial score (nSPS) is 24.5. The van der Waals surface area contributed by atoms with Crippen LogP contribution >= 0.6 is 0 Å². The van der Waals surface area contributed by atoms with E-state index < -0.39 is 5.60 Å². The zero-order valence-corrected chi connectivity index (χ0v) is 33.0. The van der Waals surface area contributed by atoms with Gasteiger partial charge in [0, 0.05) is 17.0 Å². The van der Waals surface area contributed by atoms with E-state index in [-0.39, 0.29) is 11.3 Å². The van der Waals surface area contributed by atoms with Gasteiger partial charge in [0.05, 0.1) is 12.0 Å². The second-order valence-electron chi connectivity index (χ2n) is 24.4. The molecule has 1 saturated heterocycles. The Labute approximate surface area is 352 Å². The predicted molar refractivity (Wildman–Crippen MR) is 274 cm³/mol. The molecule has 0 bridgehead atoms. The van der Waals surface area contributed by atoms with E-state index in [2.05, 4.69) is 6.08 Å². The van der Waals surface area contributed by atoms with Gasteiger partial charge in [-0.05, 0) is 302 Å². The summed E-state index contributed by atoms with van der Waals surface area (Å²) in [7, 11) is 0. The minimum atomic E-state index is -0.600. The van der Waals surface area contributed by atoms with Gasteiger partial charge in [0.2, 0.25) is 0 Å². The van der Waals surface area contributed by atoms with E-state index in [0.29, 0.717) is 0 Å². The maximum atomic E-state index is 8.27. The lowest BCUT2D eigenvalue weighted by Gasteiger charge is -2.50. The van der Waals surface area contributed by atoms with Crippen LogP contribution in [0.25, 0.3) is 291 Å². The first-order valence-electron chi connectivity index (χ1n) is 24.4. The van der Waals surface area contributed by atoms with Crippen LogP contribution in [0.1, 0.15) is 22.3 Å². The number of hydrogen-bond acceptors (Lipinski definition) is 1. The summed E-state index contributed by atoms with van der Waals surface area (Å²) in [6, 6.07) is 0. The fraction of sp³-hybridized carbons (Fsp3) is 0.0625. The van der Waals surface area contributed by atoms with Crippen LogP contribution in [0.5, 0.6) is 0 Å². The number of hydrogen-bond donors (Lipinski definition) is 0. The smallest absolute Gasteiger partial charge is 0.135 e. The Morgan fingerprint density at radius 3 is 0.569 bits per heavy atom. The first kappa shape index (κ1) is 23.2. The van der Waals surface area contributed by atoms with E-state index >= 15 is 0 Å². The highest BCUT2D eigenvalue weighted by Gasteiger charge is 2.75. The third-order valence-corrected chi connectivity index (χ3v) is 24.6. The van der Waals surface area contributed by atoms with Crippen molar-refractivity contribution in [3.8, 4) is 0 Å². The molecule has 5 aliphatic rings. The highest BCUT2D eigenvalue weighted by molar-refractivity contribution is 6.82. The Morgan fingerprint density at radius 2 is 0.400 bits per heavy atom. The average Bonchev–Trinajstić information content (AvgIpc) is 4.14. The fourth-order valence-corrected chi connectivity index (χ4v) is 24.7.